The zero-order chi connectivity index (χ0) is 11.4. The molecule has 15 heavy (non-hydrogen) atoms. The minimum Gasteiger partial charge on any atom is -0.314 e. The molecule has 0 aliphatic heterocycles. The van der Waals surface area contributed by atoms with E-state index in [0.717, 1.165) is 19.0 Å². The predicted molar refractivity (Wildman–Crippen MR) is 70.3 cm³/mol. The molecular weight excluding hydrogens is 182 g/mol. The molecule has 0 heterocycles. The van der Waals surface area contributed by atoms with E-state index >= 15 is 0 Å². The Morgan fingerprint density at radius 3 is 2.40 bits per heavy atom. The Morgan fingerprint density at radius 1 is 1.07 bits per heavy atom. The molecule has 1 unspecified atom stereocenters. The molecule has 0 radical (unpaired) electrons. The van der Waals surface area contributed by atoms with Crippen molar-refractivity contribution in [2.24, 2.45) is 0 Å². The molecule has 0 amide bonds. The van der Waals surface area contributed by atoms with Crippen LogP contribution < -0.4 is 5.32 Å². The van der Waals surface area contributed by atoms with E-state index in [0.29, 0.717) is 0 Å². The maximum Gasteiger partial charge on any atom is 0.00670 e. The third-order valence-corrected chi connectivity index (χ3v) is 2.86. The van der Waals surface area contributed by atoms with Crippen LogP contribution in [0.2, 0.25) is 0 Å². The Morgan fingerprint density at radius 2 is 1.80 bits per heavy atom. The number of allylic oxidation sites excluding steroid dienone is 1. The highest BCUT2D eigenvalue weighted by molar-refractivity contribution is 4.71. The van der Waals surface area contributed by atoms with E-state index < -0.39 is 0 Å². The first-order valence-corrected chi connectivity index (χ1v) is 6.69. The van der Waals surface area contributed by atoms with Crippen molar-refractivity contribution in [3.8, 4) is 0 Å². The van der Waals surface area contributed by atoms with E-state index in [-0.39, 0.29) is 0 Å². The standard InChI is InChI=1S/C14H29N/c1-4-7-9-11-13-14(15-6-3)12-10-8-5-2/h5,14-15H,2,4,6-13H2,1,3H3. The summed E-state index contributed by atoms with van der Waals surface area (Å²) >= 11 is 0. The van der Waals surface area contributed by atoms with Crippen LogP contribution in [0, 0.1) is 0 Å². The first-order valence-electron chi connectivity index (χ1n) is 6.69. The van der Waals surface area contributed by atoms with E-state index in [4.69, 9.17) is 0 Å². The van der Waals surface area contributed by atoms with Crippen LogP contribution >= 0.6 is 0 Å². The van der Waals surface area contributed by atoms with Gasteiger partial charge >= 0.3 is 0 Å². The summed E-state index contributed by atoms with van der Waals surface area (Å²) in [7, 11) is 0. The molecule has 1 heteroatoms. The maximum absolute atomic E-state index is 3.77. The Balaban J connectivity index is 3.48. The van der Waals surface area contributed by atoms with Gasteiger partial charge in [0.25, 0.3) is 0 Å². The lowest BCUT2D eigenvalue weighted by Gasteiger charge is -2.17. The fourth-order valence-corrected chi connectivity index (χ4v) is 1.96. The Bertz CT molecular complexity index is 131. The molecule has 0 aliphatic carbocycles. The number of nitrogens with one attached hydrogen (secondary N) is 1. The first kappa shape index (κ1) is 14.7. The van der Waals surface area contributed by atoms with Crippen LogP contribution in [0.15, 0.2) is 12.7 Å². The largest absolute Gasteiger partial charge is 0.314 e. The van der Waals surface area contributed by atoms with Gasteiger partial charge in [0.1, 0.15) is 0 Å². The molecule has 0 saturated heterocycles. The van der Waals surface area contributed by atoms with E-state index in [1.807, 2.05) is 6.08 Å². The SMILES string of the molecule is C=CCCCC(CCCCCC)NCC. The number of hydrogen-bond donors (Lipinski definition) is 1. The lowest BCUT2D eigenvalue weighted by atomic mass is 10.0. The zero-order valence-electron chi connectivity index (χ0n) is 10.7. The number of unbranched alkanes of at least 4 members (excludes halogenated alkanes) is 4. The van der Waals surface area contributed by atoms with Gasteiger partial charge in [-0.15, -0.1) is 6.58 Å². The molecule has 0 fully saturated rings. The van der Waals surface area contributed by atoms with Crippen LogP contribution in [0.25, 0.3) is 0 Å². The quantitative estimate of drug-likeness (QED) is 0.397. The summed E-state index contributed by atoms with van der Waals surface area (Å²) in [6.45, 7) is 9.34. The number of rotatable bonds is 11. The second-order valence-electron chi connectivity index (χ2n) is 4.32. The van der Waals surface area contributed by atoms with Gasteiger partial charge < -0.3 is 5.32 Å². The lowest BCUT2D eigenvalue weighted by Crippen LogP contribution is -2.28. The third kappa shape index (κ3) is 9.99. The van der Waals surface area contributed by atoms with Crippen LogP contribution in [-0.2, 0) is 0 Å². The highest BCUT2D eigenvalue weighted by Crippen LogP contribution is 2.10. The van der Waals surface area contributed by atoms with Crippen molar-refractivity contribution in [2.45, 2.75) is 71.3 Å². The van der Waals surface area contributed by atoms with Gasteiger partial charge in [0.15, 0.2) is 0 Å². The van der Waals surface area contributed by atoms with Gasteiger partial charge in [0, 0.05) is 6.04 Å². The van der Waals surface area contributed by atoms with Crippen LogP contribution in [0.4, 0.5) is 0 Å². The smallest absolute Gasteiger partial charge is 0.00670 e. The van der Waals surface area contributed by atoms with Crippen LogP contribution in [0.1, 0.15) is 65.2 Å². The topological polar surface area (TPSA) is 12.0 Å². The molecule has 0 aliphatic rings. The van der Waals surface area contributed by atoms with Crippen LogP contribution in [0.3, 0.4) is 0 Å². The summed E-state index contributed by atoms with van der Waals surface area (Å²) in [6, 6.07) is 0.742. The summed E-state index contributed by atoms with van der Waals surface area (Å²) in [5, 5.41) is 3.58. The van der Waals surface area contributed by atoms with Gasteiger partial charge in [-0.25, -0.2) is 0 Å². The van der Waals surface area contributed by atoms with Gasteiger partial charge in [0.05, 0.1) is 0 Å². The molecule has 1 nitrogen and oxygen atoms in total. The summed E-state index contributed by atoms with van der Waals surface area (Å²) < 4.78 is 0. The molecule has 1 N–H and O–H groups in total. The molecular formula is C14H29N. The molecule has 0 bridgehead atoms. The summed E-state index contributed by atoms with van der Waals surface area (Å²) in [4.78, 5) is 0. The van der Waals surface area contributed by atoms with Gasteiger partial charge in [0.2, 0.25) is 0 Å². The van der Waals surface area contributed by atoms with Crippen molar-refractivity contribution in [1.29, 1.82) is 0 Å². The average molecular weight is 211 g/mol. The fraction of sp³-hybridized carbons (Fsp3) is 0.857. The van der Waals surface area contributed by atoms with Crippen molar-refractivity contribution in [1.82, 2.24) is 5.32 Å². The Labute approximate surface area is 96.3 Å². The second-order valence-corrected chi connectivity index (χ2v) is 4.32. The van der Waals surface area contributed by atoms with Gasteiger partial charge in [-0.3, -0.25) is 0 Å². The third-order valence-electron chi connectivity index (χ3n) is 2.86. The summed E-state index contributed by atoms with van der Waals surface area (Å²) in [5.41, 5.74) is 0. The normalized spacial score (nSPS) is 12.7. The van der Waals surface area contributed by atoms with Crippen molar-refractivity contribution in [3.63, 3.8) is 0 Å². The fourth-order valence-electron chi connectivity index (χ4n) is 1.96. The van der Waals surface area contributed by atoms with Crippen LogP contribution in [0.5, 0.6) is 0 Å². The van der Waals surface area contributed by atoms with Gasteiger partial charge in [-0.1, -0.05) is 45.6 Å². The zero-order valence-corrected chi connectivity index (χ0v) is 10.7. The molecule has 0 aromatic rings. The monoisotopic (exact) mass is 211 g/mol. The van der Waals surface area contributed by atoms with E-state index in [1.54, 1.807) is 0 Å². The van der Waals surface area contributed by atoms with Crippen molar-refractivity contribution in [3.05, 3.63) is 12.7 Å². The summed E-state index contributed by atoms with van der Waals surface area (Å²) in [6.07, 6.45) is 12.7. The lowest BCUT2D eigenvalue weighted by molar-refractivity contribution is 0.432. The van der Waals surface area contributed by atoms with E-state index in [1.165, 1.54) is 44.9 Å². The molecule has 0 aromatic heterocycles. The van der Waals surface area contributed by atoms with Crippen LogP contribution in [-0.4, -0.2) is 12.6 Å². The molecule has 0 saturated carbocycles. The molecule has 90 valence electrons. The van der Waals surface area contributed by atoms with Crippen molar-refractivity contribution >= 4 is 0 Å². The van der Waals surface area contributed by atoms with Gasteiger partial charge in [-0.2, -0.15) is 0 Å². The Hall–Kier alpha value is -0.300. The molecule has 0 aromatic carbocycles. The highest BCUT2D eigenvalue weighted by atomic mass is 14.9. The van der Waals surface area contributed by atoms with E-state index in [9.17, 15) is 0 Å². The Kier molecular flexibility index (Phi) is 11.5. The molecule has 1 atom stereocenters. The second kappa shape index (κ2) is 11.8. The predicted octanol–water partition coefficient (Wildman–Crippen LogP) is 4.29. The van der Waals surface area contributed by atoms with Crippen molar-refractivity contribution < 1.29 is 0 Å². The average Bonchev–Trinajstić information content (AvgIpc) is 2.24. The number of hydrogen-bond acceptors (Lipinski definition) is 1. The van der Waals surface area contributed by atoms with Crippen molar-refractivity contribution in [2.75, 3.05) is 6.54 Å². The highest BCUT2D eigenvalue weighted by Gasteiger charge is 2.05. The minimum atomic E-state index is 0.742. The van der Waals surface area contributed by atoms with E-state index in [2.05, 4.69) is 25.7 Å². The maximum atomic E-state index is 3.77. The molecule has 0 rings (SSSR count). The molecule has 0 spiro atoms. The summed E-state index contributed by atoms with van der Waals surface area (Å²) in [5.74, 6) is 0. The van der Waals surface area contributed by atoms with Gasteiger partial charge in [-0.05, 0) is 32.2 Å². The minimum absolute atomic E-state index is 0.742. The first-order chi connectivity index (χ1) is 7.35.